The number of ketones is 1. The lowest BCUT2D eigenvalue weighted by Gasteiger charge is -2.09. The summed E-state index contributed by atoms with van der Waals surface area (Å²) in [6, 6.07) is 4.47. The van der Waals surface area contributed by atoms with E-state index >= 15 is 0 Å². The fourth-order valence-electron chi connectivity index (χ4n) is 2.79. The number of hydrogen-bond acceptors (Lipinski definition) is 5. The molecule has 2 aromatic rings. The average Bonchev–Trinajstić information content (AvgIpc) is 3.51. The first kappa shape index (κ1) is 15.6. The molecule has 1 aromatic heterocycles. The zero-order valence-electron chi connectivity index (χ0n) is 13.4. The number of Topliss-reactive ketones (excluding diaryl/α,β-unsaturated/α-hetero) is 1. The van der Waals surface area contributed by atoms with Crippen LogP contribution in [0.15, 0.2) is 23.4 Å². The highest BCUT2D eigenvalue weighted by Crippen LogP contribution is 2.46. The number of benzene rings is 1. The molecular formula is C17H18FN3O2S. The number of methoxy groups -OCH3 is 1. The van der Waals surface area contributed by atoms with Gasteiger partial charge in [0.15, 0.2) is 10.9 Å². The lowest BCUT2D eigenvalue weighted by atomic mass is 10.1. The van der Waals surface area contributed by atoms with Gasteiger partial charge in [-0.1, -0.05) is 11.8 Å². The van der Waals surface area contributed by atoms with Gasteiger partial charge in [0.05, 0.1) is 18.4 Å². The molecule has 0 unspecified atom stereocenters. The second-order valence-corrected chi connectivity index (χ2v) is 7.22. The summed E-state index contributed by atoms with van der Waals surface area (Å²) in [5.41, 5.74) is 0.268. The number of carbonyl (C=O) groups is 1. The van der Waals surface area contributed by atoms with Crippen LogP contribution in [0.5, 0.6) is 5.75 Å². The molecule has 0 atom stereocenters. The average molecular weight is 347 g/mol. The van der Waals surface area contributed by atoms with E-state index in [4.69, 9.17) is 4.74 Å². The molecule has 2 fully saturated rings. The molecule has 7 heteroatoms. The quantitative estimate of drug-likeness (QED) is 0.566. The Morgan fingerprint density at radius 1 is 1.33 bits per heavy atom. The van der Waals surface area contributed by atoms with Crippen molar-refractivity contribution < 1.29 is 13.9 Å². The van der Waals surface area contributed by atoms with E-state index in [1.54, 1.807) is 0 Å². The van der Waals surface area contributed by atoms with Crippen LogP contribution in [0.4, 0.5) is 4.39 Å². The Morgan fingerprint density at radius 2 is 2.12 bits per heavy atom. The number of rotatable bonds is 7. The predicted molar refractivity (Wildman–Crippen MR) is 88.3 cm³/mol. The van der Waals surface area contributed by atoms with Crippen LogP contribution in [-0.4, -0.2) is 33.4 Å². The maximum Gasteiger partial charge on any atom is 0.191 e. The van der Waals surface area contributed by atoms with Crippen LogP contribution >= 0.6 is 11.8 Å². The summed E-state index contributed by atoms with van der Waals surface area (Å²) in [6.45, 7) is 0. The van der Waals surface area contributed by atoms with Crippen molar-refractivity contribution >= 4 is 17.5 Å². The number of aromatic nitrogens is 3. The first-order valence-corrected chi connectivity index (χ1v) is 9.10. The molecule has 0 bridgehead atoms. The van der Waals surface area contributed by atoms with Crippen molar-refractivity contribution in [3.05, 3.63) is 35.4 Å². The Hall–Kier alpha value is -1.89. The van der Waals surface area contributed by atoms with Crippen LogP contribution < -0.4 is 4.74 Å². The molecule has 0 spiro atoms. The lowest BCUT2D eigenvalue weighted by Crippen LogP contribution is -2.07. The van der Waals surface area contributed by atoms with Gasteiger partial charge in [-0.15, -0.1) is 10.2 Å². The van der Waals surface area contributed by atoms with E-state index in [1.165, 1.54) is 49.9 Å². The van der Waals surface area contributed by atoms with Gasteiger partial charge >= 0.3 is 0 Å². The van der Waals surface area contributed by atoms with Gasteiger partial charge in [0.1, 0.15) is 17.4 Å². The van der Waals surface area contributed by atoms with E-state index in [1.807, 2.05) is 0 Å². The van der Waals surface area contributed by atoms with Crippen molar-refractivity contribution in [3.8, 4) is 5.75 Å². The predicted octanol–water partition coefficient (Wildman–Crippen LogP) is 3.61. The minimum Gasteiger partial charge on any atom is -0.496 e. The van der Waals surface area contributed by atoms with Crippen LogP contribution in [0.2, 0.25) is 0 Å². The van der Waals surface area contributed by atoms with Crippen molar-refractivity contribution in [2.75, 3.05) is 12.9 Å². The van der Waals surface area contributed by atoms with Gasteiger partial charge in [-0.25, -0.2) is 4.39 Å². The molecule has 5 nitrogen and oxygen atoms in total. The minimum atomic E-state index is -0.443. The Bertz CT molecular complexity index is 784. The topological polar surface area (TPSA) is 57.0 Å². The first-order chi connectivity index (χ1) is 11.7. The molecule has 0 radical (unpaired) electrons. The lowest BCUT2D eigenvalue weighted by molar-refractivity contribution is 0.101. The van der Waals surface area contributed by atoms with Crippen molar-refractivity contribution in [2.24, 2.45) is 0 Å². The minimum absolute atomic E-state index is 0.172. The molecule has 0 aliphatic heterocycles. The summed E-state index contributed by atoms with van der Waals surface area (Å²) in [6.07, 6.45) is 4.65. The maximum atomic E-state index is 13.4. The van der Waals surface area contributed by atoms with Crippen LogP contribution in [0.3, 0.4) is 0 Å². The molecule has 0 saturated heterocycles. The SMILES string of the molecule is COc1ccc(F)cc1C(=O)CSc1nnc(C2CC2)n1C1CC1. The molecule has 126 valence electrons. The highest BCUT2D eigenvalue weighted by molar-refractivity contribution is 7.99. The van der Waals surface area contributed by atoms with E-state index < -0.39 is 5.82 Å². The van der Waals surface area contributed by atoms with Gasteiger partial charge in [0, 0.05) is 12.0 Å². The van der Waals surface area contributed by atoms with E-state index in [0.717, 1.165) is 23.8 Å². The molecule has 1 heterocycles. The monoisotopic (exact) mass is 347 g/mol. The van der Waals surface area contributed by atoms with Crippen molar-refractivity contribution in [1.29, 1.82) is 0 Å². The van der Waals surface area contributed by atoms with E-state index in [9.17, 15) is 9.18 Å². The van der Waals surface area contributed by atoms with Crippen molar-refractivity contribution in [2.45, 2.75) is 42.8 Å². The molecule has 24 heavy (non-hydrogen) atoms. The summed E-state index contributed by atoms with van der Waals surface area (Å²) >= 11 is 1.37. The number of hydrogen-bond donors (Lipinski definition) is 0. The second kappa shape index (κ2) is 6.20. The van der Waals surface area contributed by atoms with E-state index in [2.05, 4.69) is 14.8 Å². The normalized spacial score (nSPS) is 17.1. The Balaban J connectivity index is 1.51. The van der Waals surface area contributed by atoms with Crippen molar-refractivity contribution in [1.82, 2.24) is 14.8 Å². The molecule has 0 N–H and O–H groups in total. The Labute approximate surface area is 143 Å². The summed E-state index contributed by atoms with van der Waals surface area (Å²) < 4.78 is 20.8. The number of nitrogens with zero attached hydrogens (tertiary/aromatic N) is 3. The molecular weight excluding hydrogens is 329 g/mol. The van der Waals surface area contributed by atoms with E-state index in [0.29, 0.717) is 17.7 Å². The molecule has 0 amide bonds. The molecule has 4 rings (SSSR count). The molecule has 2 aliphatic rings. The largest absolute Gasteiger partial charge is 0.496 e. The summed E-state index contributed by atoms with van der Waals surface area (Å²) in [5, 5.41) is 9.41. The third-order valence-corrected chi connectivity index (χ3v) is 5.28. The van der Waals surface area contributed by atoms with Crippen LogP contribution in [0.1, 0.15) is 53.8 Å². The van der Waals surface area contributed by atoms with Gasteiger partial charge in [-0.2, -0.15) is 0 Å². The summed E-state index contributed by atoms with van der Waals surface area (Å²) in [5.74, 6) is 1.57. The summed E-state index contributed by atoms with van der Waals surface area (Å²) in [4.78, 5) is 12.5. The fraction of sp³-hybridized carbons (Fsp3) is 0.471. The van der Waals surface area contributed by atoms with E-state index in [-0.39, 0.29) is 17.1 Å². The van der Waals surface area contributed by atoms with Crippen molar-refractivity contribution in [3.63, 3.8) is 0 Å². The van der Waals surface area contributed by atoms with Crippen LogP contribution in [0, 0.1) is 5.82 Å². The summed E-state index contributed by atoms with van der Waals surface area (Å²) in [7, 11) is 1.47. The Kier molecular flexibility index (Phi) is 4.04. The van der Waals surface area contributed by atoms with Gasteiger partial charge < -0.3 is 9.30 Å². The maximum absolute atomic E-state index is 13.4. The zero-order chi connectivity index (χ0) is 16.7. The standard InChI is InChI=1S/C17H18FN3O2S/c1-23-15-7-4-11(18)8-13(15)14(22)9-24-17-20-19-16(10-2-3-10)21(17)12-5-6-12/h4,7-8,10,12H,2-3,5-6,9H2,1H3. The third-order valence-electron chi connectivity index (χ3n) is 4.34. The number of carbonyl (C=O) groups excluding carboxylic acids is 1. The first-order valence-electron chi connectivity index (χ1n) is 8.11. The Morgan fingerprint density at radius 3 is 2.79 bits per heavy atom. The van der Waals surface area contributed by atoms with Gasteiger partial charge in [-0.3, -0.25) is 4.79 Å². The number of thioether (sulfide) groups is 1. The molecule has 2 aliphatic carbocycles. The van der Waals surface area contributed by atoms with Gasteiger partial charge in [-0.05, 0) is 43.9 Å². The van der Waals surface area contributed by atoms with Crippen LogP contribution in [0.25, 0.3) is 0 Å². The number of ether oxygens (including phenoxy) is 1. The smallest absolute Gasteiger partial charge is 0.191 e. The number of halogens is 1. The highest BCUT2D eigenvalue weighted by atomic mass is 32.2. The fourth-order valence-corrected chi connectivity index (χ4v) is 3.68. The molecule has 1 aromatic carbocycles. The zero-order valence-corrected chi connectivity index (χ0v) is 14.2. The van der Waals surface area contributed by atoms with Gasteiger partial charge in [0.2, 0.25) is 0 Å². The second-order valence-electron chi connectivity index (χ2n) is 6.27. The van der Waals surface area contributed by atoms with Gasteiger partial charge in [0.25, 0.3) is 0 Å². The van der Waals surface area contributed by atoms with Crippen LogP contribution in [-0.2, 0) is 0 Å². The highest BCUT2D eigenvalue weighted by Gasteiger charge is 2.36. The third kappa shape index (κ3) is 3.05. The molecule has 2 saturated carbocycles.